The highest BCUT2D eigenvalue weighted by molar-refractivity contribution is 6.31. The summed E-state index contributed by atoms with van der Waals surface area (Å²) >= 11 is 12.8. The van der Waals surface area contributed by atoms with Gasteiger partial charge in [0.1, 0.15) is 11.8 Å². The molecule has 0 fully saturated rings. The van der Waals surface area contributed by atoms with E-state index in [1.54, 1.807) is 7.11 Å². The molecule has 0 spiro atoms. The minimum atomic E-state index is -0.340. The number of amides is 1. The van der Waals surface area contributed by atoms with Crippen LogP contribution in [0.15, 0.2) is 66.7 Å². The average molecular weight is 519 g/mol. The average Bonchev–Trinajstić information content (AvgIpc) is 3.36. The van der Waals surface area contributed by atoms with Gasteiger partial charge in [-0.15, -0.1) is 0 Å². The fourth-order valence-corrected chi connectivity index (χ4v) is 5.70. The molecule has 4 nitrogen and oxygen atoms in total. The maximum absolute atomic E-state index is 14.2. The predicted octanol–water partition coefficient (Wildman–Crippen LogP) is 8.42. The lowest BCUT2D eigenvalue weighted by Gasteiger charge is -2.31. The van der Waals surface area contributed by atoms with Crippen molar-refractivity contribution in [2.24, 2.45) is 0 Å². The van der Waals surface area contributed by atoms with E-state index < -0.39 is 0 Å². The number of anilines is 1. The number of halogens is 2. The maximum atomic E-state index is 14.2. The molecule has 0 saturated heterocycles. The van der Waals surface area contributed by atoms with E-state index >= 15 is 0 Å². The van der Waals surface area contributed by atoms with Gasteiger partial charge in [-0.05, 0) is 86.8 Å². The Hall–Kier alpha value is -3.21. The number of fused-ring (bicyclic) bond motifs is 1. The maximum Gasteiger partial charge on any atom is 0.261 e. The number of benzene rings is 3. The van der Waals surface area contributed by atoms with Crippen molar-refractivity contribution in [3.05, 3.63) is 105 Å². The number of carbonyl (C=O) groups excluding carboxylic acids is 1. The highest BCUT2D eigenvalue weighted by Gasteiger charge is 2.44. The minimum Gasteiger partial charge on any atom is -0.496 e. The summed E-state index contributed by atoms with van der Waals surface area (Å²) in [5.41, 5.74) is 7.38. The lowest BCUT2D eigenvalue weighted by atomic mass is 9.97. The standard InChI is InChI=1S/C30H28Cl2N2O2/c1-17(2)33-26(23-8-6-7-9-27(23)36-5)16-24-29(33)28(22-13-12-20(31)14-19(22)4)34(30(24)35)25-15-21(32)11-10-18(25)3/h6-17,28H,1-5H3. The molecule has 0 radical (unpaired) electrons. The summed E-state index contributed by atoms with van der Waals surface area (Å²) in [6, 6.07) is 21.2. The van der Waals surface area contributed by atoms with Crippen molar-refractivity contribution in [2.45, 2.75) is 39.8 Å². The Bertz CT molecular complexity index is 1490. The molecule has 1 aromatic heterocycles. The fourth-order valence-electron chi connectivity index (χ4n) is 5.30. The molecule has 2 heterocycles. The molecule has 0 aliphatic carbocycles. The number of nitrogens with zero attached hydrogens (tertiary/aromatic N) is 2. The fraction of sp³-hybridized carbons (Fsp3) is 0.233. The van der Waals surface area contributed by atoms with Crippen LogP contribution in [0.3, 0.4) is 0 Å². The number of carbonyl (C=O) groups is 1. The topological polar surface area (TPSA) is 34.5 Å². The largest absolute Gasteiger partial charge is 0.496 e. The third kappa shape index (κ3) is 3.89. The molecular formula is C30H28Cl2N2O2. The number of hydrogen-bond donors (Lipinski definition) is 0. The van der Waals surface area contributed by atoms with Crippen LogP contribution in [0.2, 0.25) is 10.0 Å². The van der Waals surface area contributed by atoms with E-state index in [0.717, 1.165) is 45.1 Å². The van der Waals surface area contributed by atoms with Crippen molar-refractivity contribution in [1.29, 1.82) is 0 Å². The van der Waals surface area contributed by atoms with Gasteiger partial charge in [-0.1, -0.05) is 47.5 Å². The third-order valence-electron chi connectivity index (χ3n) is 6.90. The molecule has 1 atom stereocenters. The van der Waals surface area contributed by atoms with Gasteiger partial charge in [-0.25, -0.2) is 0 Å². The number of methoxy groups -OCH3 is 1. The van der Waals surface area contributed by atoms with E-state index in [1.165, 1.54) is 0 Å². The molecule has 1 aliphatic rings. The lowest BCUT2D eigenvalue weighted by molar-refractivity contribution is 0.0993. The molecule has 1 amide bonds. The number of aromatic nitrogens is 1. The van der Waals surface area contributed by atoms with Crippen molar-refractivity contribution in [3.8, 4) is 17.0 Å². The highest BCUT2D eigenvalue weighted by Crippen LogP contribution is 2.48. The van der Waals surface area contributed by atoms with Gasteiger partial charge in [0.15, 0.2) is 0 Å². The normalized spacial score (nSPS) is 15.1. The number of hydrogen-bond acceptors (Lipinski definition) is 2. The summed E-state index contributed by atoms with van der Waals surface area (Å²) in [5, 5.41) is 1.26. The Kier molecular flexibility index (Phi) is 6.36. The van der Waals surface area contributed by atoms with Crippen molar-refractivity contribution < 1.29 is 9.53 Å². The SMILES string of the molecule is COc1ccccc1-c1cc2c(n1C(C)C)C(c1ccc(Cl)cc1C)N(c1cc(Cl)ccc1C)C2=O. The van der Waals surface area contributed by atoms with Crippen molar-refractivity contribution in [3.63, 3.8) is 0 Å². The second-order valence-electron chi connectivity index (χ2n) is 9.50. The van der Waals surface area contributed by atoms with Gasteiger partial charge in [-0.2, -0.15) is 0 Å². The molecule has 0 saturated carbocycles. The summed E-state index contributed by atoms with van der Waals surface area (Å²) in [4.78, 5) is 16.1. The van der Waals surface area contributed by atoms with Crippen LogP contribution in [0.25, 0.3) is 11.3 Å². The predicted molar refractivity (Wildman–Crippen MR) is 148 cm³/mol. The molecule has 6 heteroatoms. The molecule has 184 valence electrons. The Morgan fingerprint density at radius 2 is 1.56 bits per heavy atom. The summed E-state index contributed by atoms with van der Waals surface area (Å²) in [7, 11) is 1.67. The first kappa shape index (κ1) is 24.5. The molecule has 0 N–H and O–H groups in total. The first-order chi connectivity index (χ1) is 17.2. The number of aryl methyl sites for hydroxylation is 2. The van der Waals surface area contributed by atoms with Crippen LogP contribution in [0.1, 0.15) is 58.7 Å². The molecule has 4 aromatic rings. The van der Waals surface area contributed by atoms with Gasteiger partial charge in [0.2, 0.25) is 0 Å². The highest BCUT2D eigenvalue weighted by atomic mass is 35.5. The molecule has 5 rings (SSSR count). The lowest BCUT2D eigenvalue weighted by Crippen LogP contribution is -2.31. The number of ether oxygens (including phenoxy) is 1. The van der Waals surface area contributed by atoms with E-state index in [1.807, 2.05) is 85.5 Å². The molecular weight excluding hydrogens is 491 g/mol. The van der Waals surface area contributed by atoms with Crippen LogP contribution in [0, 0.1) is 13.8 Å². The van der Waals surface area contributed by atoms with Crippen molar-refractivity contribution >= 4 is 34.8 Å². The Morgan fingerprint density at radius 1 is 0.861 bits per heavy atom. The van der Waals surface area contributed by atoms with Crippen LogP contribution in [-0.2, 0) is 0 Å². The molecule has 0 bridgehead atoms. The smallest absolute Gasteiger partial charge is 0.261 e. The van der Waals surface area contributed by atoms with E-state index in [2.05, 4.69) is 18.4 Å². The zero-order valence-corrected chi connectivity index (χ0v) is 22.5. The zero-order chi connectivity index (χ0) is 25.7. The van der Waals surface area contributed by atoms with Crippen LogP contribution in [0.5, 0.6) is 5.75 Å². The van der Waals surface area contributed by atoms with Gasteiger partial charge in [-0.3, -0.25) is 9.69 Å². The van der Waals surface area contributed by atoms with Crippen LogP contribution < -0.4 is 9.64 Å². The summed E-state index contributed by atoms with van der Waals surface area (Å²) in [6.07, 6.45) is 0. The van der Waals surface area contributed by atoms with E-state index in [4.69, 9.17) is 27.9 Å². The van der Waals surface area contributed by atoms with E-state index in [9.17, 15) is 4.79 Å². The summed E-state index contributed by atoms with van der Waals surface area (Å²) in [6.45, 7) is 8.33. The summed E-state index contributed by atoms with van der Waals surface area (Å²) in [5.74, 6) is 0.718. The zero-order valence-electron chi connectivity index (χ0n) is 21.0. The van der Waals surface area contributed by atoms with Gasteiger partial charge < -0.3 is 9.30 Å². The van der Waals surface area contributed by atoms with Gasteiger partial charge in [0.05, 0.1) is 24.1 Å². The first-order valence-corrected chi connectivity index (χ1v) is 12.7. The van der Waals surface area contributed by atoms with E-state index in [0.29, 0.717) is 15.6 Å². The Labute approximate surface area is 222 Å². The van der Waals surface area contributed by atoms with Crippen LogP contribution in [-0.4, -0.2) is 17.6 Å². The van der Waals surface area contributed by atoms with Gasteiger partial charge >= 0.3 is 0 Å². The molecule has 1 unspecified atom stereocenters. The summed E-state index contributed by atoms with van der Waals surface area (Å²) < 4.78 is 7.95. The Morgan fingerprint density at radius 3 is 2.25 bits per heavy atom. The first-order valence-electron chi connectivity index (χ1n) is 12.0. The third-order valence-corrected chi connectivity index (χ3v) is 7.37. The number of rotatable bonds is 5. The van der Waals surface area contributed by atoms with Crippen LogP contribution in [0.4, 0.5) is 5.69 Å². The van der Waals surface area contributed by atoms with Gasteiger partial charge in [0, 0.05) is 27.3 Å². The quantitative estimate of drug-likeness (QED) is 0.265. The van der Waals surface area contributed by atoms with E-state index in [-0.39, 0.29) is 18.0 Å². The second-order valence-corrected chi connectivity index (χ2v) is 10.4. The van der Waals surface area contributed by atoms with Crippen molar-refractivity contribution in [2.75, 3.05) is 12.0 Å². The minimum absolute atomic E-state index is 0.0507. The second kappa shape index (κ2) is 9.34. The Balaban J connectivity index is 1.83. The molecule has 3 aromatic carbocycles. The van der Waals surface area contributed by atoms with Crippen LogP contribution >= 0.6 is 23.2 Å². The molecule has 1 aliphatic heterocycles. The molecule has 36 heavy (non-hydrogen) atoms. The monoisotopic (exact) mass is 518 g/mol. The number of para-hydroxylation sites is 1. The van der Waals surface area contributed by atoms with Gasteiger partial charge in [0.25, 0.3) is 5.91 Å². The van der Waals surface area contributed by atoms with Crippen molar-refractivity contribution in [1.82, 2.24) is 4.57 Å².